The van der Waals surface area contributed by atoms with Crippen molar-refractivity contribution in [2.45, 2.75) is 57.9 Å². The number of rotatable bonds is 4. The molecular weight excluding hydrogens is 246 g/mol. The van der Waals surface area contributed by atoms with Gasteiger partial charge in [0.2, 0.25) is 0 Å². The highest BCUT2D eigenvalue weighted by molar-refractivity contribution is 4.94. The Kier molecular flexibility index (Phi) is 4.68. The van der Waals surface area contributed by atoms with E-state index in [2.05, 4.69) is 16.7 Å². The van der Waals surface area contributed by atoms with Crippen LogP contribution in [0.3, 0.4) is 0 Å². The fraction of sp³-hybridized carbons (Fsp3) is 1.00. The van der Waals surface area contributed by atoms with Crippen LogP contribution in [0.5, 0.6) is 0 Å². The zero-order chi connectivity index (χ0) is 14.0. The average molecular weight is 279 g/mol. The van der Waals surface area contributed by atoms with Crippen LogP contribution in [0.1, 0.15) is 51.9 Å². The first-order valence-electron chi connectivity index (χ1n) is 8.86. The van der Waals surface area contributed by atoms with Crippen LogP contribution in [0.2, 0.25) is 0 Å². The maximum atomic E-state index is 6.33. The van der Waals surface area contributed by atoms with Crippen molar-refractivity contribution in [3.8, 4) is 0 Å². The van der Waals surface area contributed by atoms with Crippen LogP contribution >= 0.6 is 0 Å². The summed E-state index contributed by atoms with van der Waals surface area (Å²) in [5.41, 5.74) is 6.72. The Morgan fingerprint density at radius 3 is 2.25 bits per heavy atom. The van der Waals surface area contributed by atoms with Crippen LogP contribution in [0.15, 0.2) is 0 Å². The minimum Gasteiger partial charge on any atom is -0.327 e. The first kappa shape index (κ1) is 14.8. The Morgan fingerprint density at radius 2 is 1.65 bits per heavy atom. The molecule has 2 aliphatic heterocycles. The van der Waals surface area contributed by atoms with E-state index in [0.29, 0.717) is 11.5 Å². The highest BCUT2D eigenvalue weighted by atomic mass is 15.2. The average Bonchev–Trinajstić information content (AvgIpc) is 3.04. The molecule has 0 radical (unpaired) electrons. The molecule has 2 unspecified atom stereocenters. The molecule has 1 saturated carbocycles. The second kappa shape index (κ2) is 6.33. The van der Waals surface area contributed by atoms with Crippen molar-refractivity contribution in [1.29, 1.82) is 0 Å². The topological polar surface area (TPSA) is 32.5 Å². The van der Waals surface area contributed by atoms with Gasteiger partial charge in [-0.05, 0) is 76.0 Å². The molecule has 0 amide bonds. The quantitative estimate of drug-likeness (QED) is 0.857. The predicted molar refractivity (Wildman–Crippen MR) is 84.8 cm³/mol. The molecule has 0 bridgehead atoms. The van der Waals surface area contributed by atoms with Gasteiger partial charge in [0.1, 0.15) is 0 Å². The molecular formula is C17H33N3. The summed E-state index contributed by atoms with van der Waals surface area (Å²) < 4.78 is 0. The molecule has 0 aromatic carbocycles. The second-order valence-corrected chi connectivity index (χ2v) is 7.88. The van der Waals surface area contributed by atoms with Gasteiger partial charge >= 0.3 is 0 Å². The van der Waals surface area contributed by atoms with Gasteiger partial charge < -0.3 is 15.5 Å². The number of hydrogen-bond donors (Lipinski definition) is 1. The predicted octanol–water partition coefficient (Wildman–Crippen LogP) is 2.31. The van der Waals surface area contributed by atoms with Gasteiger partial charge in [-0.15, -0.1) is 0 Å². The second-order valence-electron chi connectivity index (χ2n) is 7.88. The van der Waals surface area contributed by atoms with Crippen LogP contribution in [0, 0.1) is 11.3 Å². The number of piperidine rings is 1. The third kappa shape index (κ3) is 3.37. The molecule has 3 heteroatoms. The summed E-state index contributed by atoms with van der Waals surface area (Å²) in [5, 5.41) is 0. The molecule has 20 heavy (non-hydrogen) atoms. The van der Waals surface area contributed by atoms with Gasteiger partial charge in [0.05, 0.1) is 0 Å². The van der Waals surface area contributed by atoms with Crippen LogP contribution in [0.4, 0.5) is 0 Å². The molecule has 3 nitrogen and oxygen atoms in total. The van der Waals surface area contributed by atoms with Crippen LogP contribution in [0.25, 0.3) is 0 Å². The summed E-state index contributed by atoms with van der Waals surface area (Å²) >= 11 is 0. The Bertz CT molecular complexity index is 305. The maximum absolute atomic E-state index is 6.33. The molecule has 2 saturated heterocycles. The van der Waals surface area contributed by atoms with E-state index in [1.807, 2.05) is 0 Å². The van der Waals surface area contributed by atoms with Gasteiger partial charge in [-0.3, -0.25) is 0 Å². The van der Waals surface area contributed by atoms with E-state index < -0.39 is 0 Å². The lowest BCUT2D eigenvalue weighted by Crippen LogP contribution is -2.47. The van der Waals surface area contributed by atoms with Crippen molar-refractivity contribution in [3.05, 3.63) is 0 Å². The molecule has 2 atom stereocenters. The Labute approximate surface area is 124 Å². The van der Waals surface area contributed by atoms with Crippen molar-refractivity contribution in [2.75, 3.05) is 39.3 Å². The smallest absolute Gasteiger partial charge is 0.0105 e. The molecule has 116 valence electrons. The van der Waals surface area contributed by atoms with Crippen molar-refractivity contribution in [3.63, 3.8) is 0 Å². The minimum atomic E-state index is 0.391. The molecule has 2 N–H and O–H groups in total. The number of hydrogen-bond acceptors (Lipinski definition) is 3. The zero-order valence-electron chi connectivity index (χ0n) is 13.3. The lowest BCUT2D eigenvalue weighted by Gasteiger charge is -2.40. The SMILES string of the molecule is CC1(CN2CCC(CN3CCCC3)CC2)CCCC1N. The van der Waals surface area contributed by atoms with Crippen molar-refractivity contribution in [2.24, 2.45) is 17.1 Å². The largest absolute Gasteiger partial charge is 0.327 e. The first-order valence-corrected chi connectivity index (χ1v) is 8.86. The summed E-state index contributed by atoms with van der Waals surface area (Å²) in [6.07, 6.45) is 9.57. The van der Waals surface area contributed by atoms with Gasteiger partial charge in [-0.2, -0.15) is 0 Å². The fourth-order valence-electron chi connectivity index (χ4n) is 4.62. The van der Waals surface area contributed by atoms with E-state index in [-0.39, 0.29) is 0 Å². The van der Waals surface area contributed by atoms with Crippen molar-refractivity contribution < 1.29 is 0 Å². The third-order valence-electron chi connectivity index (χ3n) is 6.17. The Hall–Kier alpha value is -0.120. The van der Waals surface area contributed by atoms with Crippen molar-refractivity contribution in [1.82, 2.24) is 9.80 Å². The molecule has 2 heterocycles. The zero-order valence-corrected chi connectivity index (χ0v) is 13.3. The monoisotopic (exact) mass is 279 g/mol. The van der Waals surface area contributed by atoms with E-state index in [1.54, 1.807) is 0 Å². The van der Waals surface area contributed by atoms with Gasteiger partial charge in [-0.25, -0.2) is 0 Å². The van der Waals surface area contributed by atoms with E-state index >= 15 is 0 Å². The lowest BCUT2D eigenvalue weighted by atomic mass is 9.83. The van der Waals surface area contributed by atoms with E-state index in [9.17, 15) is 0 Å². The van der Waals surface area contributed by atoms with Crippen LogP contribution in [-0.2, 0) is 0 Å². The highest BCUT2D eigenvalue weighted by Gasteiger charge is 2.38. The molecule has 3 aliphatic rings. The Balaban J connectivity index is 1.41. The van der Waals surface area contributed by atoms with Gasteiger partial charge in [-0.1, -0.05) is 13.3 Å². The number of nitrogens with two attached hydrogens (primary N) is 1. The van der Waals surface area contributed by atoms with Crippen molar-refractivity contribution >= 4 is 0 Å². The summed E-state index contributed by atoms with van der Waals surface area (Å²) in [7, 11) is 0. The summed E-state index contributed by atoms with van der Waals surface area (Å²) in [6.45, 7) is 10.3. The third-order valence-corrected chi connectivity index (χ3v) is 6.17. The standard InChI is InChI=1S/C17H33N3/c1-17(8-4-5-16(17)18)14-20-11-6-15(7-12-20)13-19-9-2-3-10-19/h15-16H,2-14,18H2,1H3. The molecule has 3 rings (SSSR count). The first-order chi connectivity index (χ1) is 9.66. The number of nitrogens with zero attached hydrogens (tertiary/aromatic N) is 2. The molecule has 0 aromatic rings. The van der Waals surface area contributed by atoms with Gasteiger partial charge in [0, 0.05) is 19.1 Å². The molecule has 1 aliphatic carbocycles. The molecule has 3 fully saturated rings. The summed E-state index contributed by atoms with van der Waals surface area (Å²) in [6, 6.07) is 0.435. The van der Waals surface area contributed by atoms with Gasteiger partial charge in [0.15, 0.2) is 0 Å². The molecule has 0 spiro atoms. The van der Waals surface area contributed by atoms with E-state index in [0.717, 1.165) is 5.92 Å². The van der Waals surface area contributed by atoms with Crippen LogP contribution in [-0.4, -0.2) is 55.1 Å². The fourth-order valence-corrected chi connectivity index (χ4v) is 4.62. The minimum absolute atomic E-state index is 0.391. The highest BCUT2D eigenvalue weighted by Crippen LogP contribution is 2.38. The number of likely N-dealkylation sites (tertiary alicyclic amines) is 2. The van der Waals surface area contributed by atoms with E-state index in [1.165, 1.54) is 84.2 Å². The maximum Gasteiger partial charge on any atom is 0.0105 e. The van der Waals surface area contributed by atoms with E-state index in [4.69, 9.17) is 5.73 Å². The molecule has 0 aromatic heterocycles. The van der Waals surface area contributed by atoms with Gasteiger partial charge in [0.25, 0.3) is 0 Å². The van der Waals surface area contributed by atoms with Crippen LogP contribution < -0.4 is 5.73 Å². The lowest BCUT2D eigenvalue weighted by molar-refractivity contribution is 0.101. The summed E-state index contributed by atoms with van der Waals surface area (Å²) in [4.78, 5) is 5.39. The summed E-state index contributed by atoms with van der Waals surface area (Å²) in [5.74, 6) is 0.953. The Morgan fingerprint density at radius 1 is 0.950 bits per heavy atom. The normalized spacial score (nSPS) is 37.8.